The van der Waals surface area contributed by atoms with Crippen LogP contribution in [-0.2, 0) is 16.3 Å². The van der Waals surface area contributed by atoms with E-state index in [1.54, 1.807) is 12.1 Å². The van der Waals surface area contributed by atoms with Crippen molar-refractivity contribution in [2.24, 2.45) is 4.99 Å². The van der Waals surface area contributed by atoms with Crippen LogP contribution in [0.25, 0.3) is 10.9 Å². The second kappa shape index (κ2) is 8.05. The van der Waals surface area contributed by atoms with Crippen LogP contribution in [0.2, 0.25) is 0 Å². The highest BCUT2D eigenvalue weighted by atomic mass is 32.2. The van der Waals surface area contributed by atoms with Gasteiger partial charge in [0.15, 0.2) is 15.0 Å². The van der Waals surface area contributed by atoms with E-state index in [2.05, 4.69) is 26.7 Å². The van der Waals surface area contributed by atoms with Crippen LogP contribution in [0, 0.1) is 0 Å². The third-order valence-electron chi connectivity index (χ3n) is 5.55. The summed E-state index contributed by atoms with van der Waals surface area (Å²) in [6, 6.07) is 15.2. The molecule has 1 fully saturated rings. The minimum atomic E-state index is -2.97. The Bertz CT molecular complexity index is 1280. The molecule has 0 saturated carbocycles. The highest BCUT2D eigenvalue weighted by molar-refractivity contribution is 8.15. The normalized spacial score (nSPS) is 21.6. The number of nitrogens with one attached hydrogen (secondary N) is 3. The minimum absolute atomic E-state index is 0.0107. The van der Waals surface area contributed by atoms with Crippen molar-refractivity contribution in [1.82, 2.24) is 10.3 Å². The number of sulfone groups is 1. The standard InChI is InChI=1S/C22H22N4O3S2/c27-21(23-9-8-15-11-24-18-7-2-1-6-17(15)18)14-4-3-5-16(10-14)25-22-26-19-12-31(28,29)13-20(19)30-22/h1-7,10-11,19-20,24H,8-9,12-13H2,(H,23,27)(H,25,26). The van der Waals surface area contributed by atoms with Crippen LogP contribution in [0.15, 0.2) is 59.7 Å². The molecule has 0 aliphatic carbocycles. The first-order chi connectivity index (χ1) is 15.0. The third kappa shape index (κ3) is 4.33. The summed E-state index contributed by atoms with van der Waals surface area (Å²) in [5.41, 5.74) is 3.60. The first kappa shape index (κ1) is 20.1. The van der Waals surface area contributed by atoms with Gasteiger partial charge in [-0.2, -0.15) is 0 Å². The molecule has 1 amide bonds. The molecule has 3 heterocycles. The Labute approximate surface area is 184 Å². The van der Waals surface area contributed by atoms with E-state index in [9.17, 15) is 13.2 Å². The van der Waals surface area contributed by atoms with Crippen LogP contribution >= 0.6 is 11.8 Å². The summed E-state index contributed by atoms with van der Waals surface area (Å²) < 4.78 is 23.4. The molecule has 7 nitrogen and oxygen atoms in total. The molecule has 3 N–H and O–H groups in total. The molecule has 1 saturated heterocycles. The number of amidine groups is 1. The number of H-pyrrole nitrogens is 1. The number of hydrogen-bond donors (Lipinski definition) is 3. The maximum absolute atomic E-state index is 12.6. The van der Waals surface area contributed by atoms with Gasteiger partial charge in [0.1, 0.15) is 0 Å². The number of carbonyl (C=O) groups is 1. The number of hydrogen-bond acceptors (Lipinski definition) is 6. The predicted molar refractivity (Wildman–Crippen MR) is 126 cm³/mol. The number of rotatable bonds is 5. The number of aromatic amines is 1. The van der Waals surface area contributed by atoms with Gasteiger partial charge in [0.25, 0.3) is 5.91 Å². The summed E-state index contributed by atoms with van der Waals surface area (Å²) in [7, 11) is -2.97. The lowest BCUT2D eigenvalue weighted by Gasteiger charge is -2.09. The maximum Gasteiger partial charge on any atom is 0.251 e. The van der Waals surface area contributed by atoms with Gasteiger partial charge >= 0.3 is 0 Å². The van der Waals surface area contributed by atoms with E-state index in [0.29, 0.717) is 17.3 Å². The quantitative estimate of drug-likeness (QED) is 0.550. The molecule has 1 aromatic heterocycles. The molecule has 0 radical (unpaired) electrons. The van der Waals surface area contributed by atoms with Gasteiger partial charge in [-0.05, 0) is 36.2 Å². The molecular formula is C22H22N4O3S2. The number of nitrogens with zero attached hydrogens (tertiary/aromatic N) is 1. The summed E-state index contributed by atoms with van der Waals surface area (Å²) in [6.45, 7) is 0.540. The van der Waals surface area contributed by atoms with Gasteiger partial charge in [0, 0.05) is 40.1 Å². The smallest absolute Gasteiger partial charge is 0.251 e. The van der Waals surface area contributed by atoms with E-state index >= 15 is 0 Å². The van der Waals surface area contributed by atoms with E-state index in [-0.39, 0.29) is 28.7 Å². The van der Waals surface area contributed by atoms with Crippen molar-refractivity contribution < 1.29 is 13.2 Å². The molecular weight excluding hydrogens is 432 g/mol. The summed E-state index contributed by atoms with van der Waals surface area (Å²) in [5.74, 6) is 0.164. The van der Waals surface area contributed by atoms with Crippen molar-refractivity contribution >= 4 is 49.3 Å². The van der Waals surface area contributed by atoms with E-state index in [0.717, 1.165) is 17.6 Å². The number of anilines is 1. The van der Waals surface area contributed by atoms with Crippen molar-refractivity contribution in [3.8, 4) is 0 Å². The lowest BCUT2D eigenvalue weighted by Crippen LogP contribution is -2.25. The lowest BCUT2D eigenvalue weighted by molar-refractivity contribution is 0.0954. The monoisotopic (exact) mass is 454 g/mol. The zero-order chi connectivity index (χ0) is 21.4. The largest absolute Gasteiger partial charge is 0.361 e. The summed E-state index contributed by atoms with van der Waals surface area (Å²) >= 11 is 1.46. The van der Waals surface area contributed by atoms with Crippen LogP contribution in [-0.4, -0.2) is 53.8 Å². The molecule has 2 aromatic carbocycles. The van der Waals surface area contributed by atoms with Gasteiger partial charge in [-0.25, -0.2) is 8.42 Å². The van der Waals surface area contributed by atoms with E-state index in [1.165, 1.54) is 22.7 Å². The molecule has 3 aromatic rings. The van der Waals surface area contributed by atoms with Crippen LogP contribution in [0.4, 0.5) is 5.69 Å². The van der Waals surface area contributed by atoms with E-state index < -0.39 is 9.84 Å². The fourth-order valence-electron chi connectivity index (χ4n) is 4.03. The first-order valence-electron chi connectivity index (χ1n) is 10.1. The minimum Gasteiger partial charge on any atom is -0.361 e. The molecule has 9 heteroatoms. The van der Waals surface area contributed by atoms with Gasteiger partial charge in [-0.15, -0.1) is 0 Å². The Morgan fingerprint density at radius 2 is 2.03 bits per heavy atom. The Balaban J connectivity index is 1.19. The van der Waals surface area contributed by atoms with Crippen LogP contribution in [0.3, 0.4) is 0 Å². The zero-order valence-electron chi connectivity index (χ0n) is 16.7. The molecule has 5 rings (SSSR count). The highest BCUT2D eigenvalue weighted by Gasteiger charge is 2.42. The Morgan fingerprint density at radius 1 is 1.16 bits per heavy atom. The van der Waals surface area contributed by atoms with Crippen molar-refractivity contribution in [2.75, 3.05) is 23.4 Å². The SMILES string of the molecule is O=C(NCCc1c[nH]c2ccccc12)c1cccc(NC2=NC3CS(=O)(=O)CC3S2)c1. The number of fused-ring (bicyclic) bond motifs is 2. The molecule has 2 unspecified atom stereocenters. The lowest BCUT2D eigenvalue weighted by atomic mass is 10.1. The van der Waals surface area contributed by atoms with Gasteiger partial charge in [-0.1, -0.05) is 36.0 Å². The topological polar surface area (TPSA) is 103 Å². The number of thioether (sulfide) groups is 1. The average Bonchev–Trinajstić information content (AvgIpc) is 3.39. The second-order valence-electron chi connectivity index (χ2n) is 7.81. The van der Waals surface area contributed by atoms with E-state index in [1.807, 2.05) is 36.5 Å². The molecule has 0 spiro atoms. The van der Waals surface area contributed by atoms with Crippen LogP contribution in [0.1, 0.15) is 15.9 Å². The van der Waals surface area contributed by atoms with Crippen LogP contribution < -0.4 is 10.6 Å². The fraction of sp³-hybridized carbons (Fsp3) is 0.273. The van der Waals surface area contributed by atoms with Crippen molar-refractivity contribution in [3.63, 3.8) is 0 Å². The van der Waals surface area contributed by atoms with Gasteiger partial charge in [-0.3, -0.25) is 9.79 Å². The number of aromatic nitrogens is 1. The Hall–Kier alpha value is -2.78. The van der Waals surface area contributed by atoms with Crippen molar-refractivity contribution in [2.45, 2.75) is 17.7 Å². The Kier molecular flexibility index (Phi) is 5.23. The first-order valence-corrected chi connectivity index (χ1v) is 12.8. The van der Waals surface area contributed by atoms with Gasteiger partial charge in [0.05, 0.1) is 17.5 Å². The number of amides is 1. The molecule has 31 heavy (non-hydrogen) atoms. The van der Waals surface area contributed by atoms with Crippen LogP contribution in [0.5, 0.6) is 0 Å². The van der Waals surface area contributed by atoms with Crippen molar-refractivity contribution in [3.05, 3.63) is 65.9 Å². The summed E-state index contributed by atoms with van der Waals surface area (Å²) in [4.78, 5) is 20.4. The number of benzene rings is 2. The fourth-order valence-corrected chi connectivity index (χ4v) is 7.70. The number of carbonyl (C=O) groups excluding carboxylic acids is 1. The second-order valence-corrected chi connectivity index (χ2v) is 11.2. The number of para-hydroxylation sites is 1. The molecule has 2 aliphatic heterocycles. The molecule has 2 aliphatic rings. The Morgan fingerprint density at radius 3 is 2.90 bits per heavy atom. The molecule has 2 atom stereocenters. The van der Waals surface area contributed by atoms with Gasteiger partial charge < -0.3 is 15.6 Å². The maximum atomic E-state index is 12.6. The van der Waals surface area contributed by atoms with Crippen molar-refractivity contribution in [1.29, 1.82) is 0 Å². The molecule has 160 valence electrons. The highest BCUT2D eigenvalue weighted by Crippen LogP contribution is 2.34. The van der Waals surface area contributed by atoms with E-state index in [4.69, 9.17) is 0 Å². The number of aliphatic imine (C=N–C) groups is 1. The summed E-state index contributed by atoms with van der Waals surface area (Å²) in [6.07, 6.45) is 2.73. The van der Waals surface area contributed by atoms with Gasteiger partial charge in [0.2, 0.25) is 0 Å². The predicted octanol–water partition coefficient (Wildman–Crippen LogP) is 2.82. The zero-order valence-corrected chi connectivity index (χ0v) is 18.3. The average molecular weight is 455 g/mol. The summed E-state index contributed by atoms with van der Waals surface area (Å²) in [5, 5.41) is 8.08. The third-order valence-corrected chi connectivity index (χ3v) is 8.69. The molecule has 0 bridgehead atoms.